The number of aromatic amines is 3. The van der Waals surface area contributed by atoms with Gasteiger partial charge in [-0.25, -0.2) is 19.2 Å². The number of hydrogen-bond donors (Lipinski definition) is 12. The Hall–Kier alpha value is -11.0. The van der Waals surface area contributed by atoms with Gasteiger partial charge < -0.3 is 94.2 Å². The van der Waals surface area contributed by atoms with Gasteiger partial charge in [0.2, 0.25) is 17.7 Å². The average molecular weight is 1770 g/mol. The summed E-state index contributed by atoms with van der Waals surface area (Å²) in [5.74, 6) is 0.267. The number of rotatable bonds is 26. The van der Waals surface area contributed by atoms with Crippen molar-refractivity contribution in [2.75, 3.05) is 47.3 Å². The summed E-state index contributed by atoms with van der Waals surface area (Å²) in [4.78, 5) is 140. The molecular weight excluding hydrogens is 1650 g/mol. The highest BCUT2D eigenvalue weighted by molar-refractivity contribution is 6.28. The van der Waals surface area contributed by atoms with Crippen molar-refractivity contribution < 1.29 is 92.1 Å². The zero-order valence-electron chi connectivity index (χ0n) is 71.6. The second-order valence-electron chi connectivity index (χ2n) is 29.6. The first-order valence-electron chi connectivity index (χ1n) is 40.1. The van der Waals surface area contributed by atoms with E-state index in [1.807, 2.05) is 120 Å². The highest BCUT2D eigenvalue weighted by atomic mass is 35.5. The summed E-state index contributed by atoms with van der Waals surface area (Å²) in [7, 11) is 7.71. The lowest BCUT2D eigenvalue weighted by Crippen LogP contribution is -2.44. The Morgan fingerprint density at radius 2 is 0.784 bits per heavy atom. The molecule has 4 fully saturated rings. The number of benzene rings is 4. The van der Waals surface area contributed by atoms with Gasteiger partial charge >= 0.3 is 22.8 Å². The Bertz CT molecular complexity index is 4970. The van der Waals surface area contributed by atoms with E-state index in [9.17, 15) is 78.3 Å². The van der Waals surface area contributed by atoms with E-state index < -0.39 is 173 Å². The molecule has 39 heteroatoms. The predicted molar refractivity (Wildman–Crippen MR) is 459 cm³/mol. The van der Waals surface area contributed by atoms with Gasteiger partial charge in [-0.3, -0.25) is 66.8 Å². The Kier molecular flexibility index (Phi) is 37.5. The number of alkyl halides is 1. The molecule has 7 unspecified atom stereocenters. The van der Waals surface area contributed by atoms with Crippen LogP contribution in [0, 0.1) is 20.8 Å². The maximum atomic E-state index is 12.6. The number of amides is 4. The minimum absolute atomic E-state index is 0. The summed E-state index contributed by atoms with van der Waals surface area (Å²) in [5.41, 5.74) is 0.174. The average Bonchev–Trinajstić information content (AvgIpc) is 1.58. The van der Waals surface area contributed by atoms with Gasteiger partial charge in [0, 0.05) is 68.2 Å². The smallest absolute Gasteiger partial charge is 0.351 e. The van der Waals surface area contributed by atoms with E-state index >= 15 is 0 Å². The first-order valence-corrected chi connectivity index (χ1v) is 40.5. The molecule has 0 radical (unpaired) electrons. The zero-order chi connectivity index (χ0) is 91.3. The van der Waals surface area contributed by atoms with Crippen molar-refractivity contribution in [3.8, 4) is 11.5 Å². The second-order valence-corrected chi connectivity index (χ2v) is 30.2. The lowest BCUT2D eigenvalue weighted by atomic mass is 9.84. The summed E-state index contributed by atoms with van der Waals surface area (Å²) in [6, 6.07) is 36.0. The molecule has 0 bridgehead atoms. The largest absolute Gasteiger partial charge is 0.497 e. The van der Waals surface area contributed by atoms with Gasteiger partial charge in [0.15, 0.2) is 24.9 Å². The third-order valence-corrected chi connectivity index (χ3v) is 21.4. The highest BCUT2D eigenvalue weighted by Crippen LogP contribution is 2.44. The number of ether oxygens (including phenoxy) is 10. The lowest BCUT2D eigenvalue weighted by molar-refractivity contribution is -0.144. The van der Waals surface area contributed by atoms with Crippen molar-refractivity contribution >= 4 is 41.0 Å². The SMILES string of the molecule is C.CC[C@H]1O[C@@H](n2cc(C)c(=O)[nH]c2=O)[C@@H](OC(C)C(=O)NC)C1O.CC[C@H]1O[C@@H](n2cc(C)c(=O)[nH]c2=O)[C@@H](OC(C)C(=O)NC)C1O.CC[C@H]1O[C@@H](n2ccc(NC(=O)c3ccccc3)nc2=O)[C@@H](OC(C)C)C1O.CNC(=O)C(C)O[C@H]1C(O)[C@@H](CO)O[C@H]1n1cc(C)c(=O)[nH]c1=O.COc1ccc(C(Cl)(c2ccccc2)c2ccc(OC)cc2)cc1. The van der Waals surface area contributed by atoms with Gasteiger partial charge in [-0.15, -0.1) is 11.6 Å². The van der Waals surface area contributed by atoms with E-state index in [1.54, 1.807) is 66.2 Å². The summed E-state index contributed by atoms with van der Waals surface area (Å²) >= 11 is 7.22. The lowest BCUT2D eigenvalue weighted by Gasteiger charge is -2.29. The number of nitrogens with zero attached hydrogens (tertiary/aromatic N) is 5. The normalized spacial score (nSPS) is 23.7. The van der Waals surface area contributed by atoms with Crippen LogP contribution in [-0.2, 0) is 57.2 Å². The minimum atomic E-state index is -1.26. The molecule has 4 aromatic heterocycles. The molecule has 8 aromatic rings. The number of anilines is 1. The van der Waals surface area contributed by atoms with E-state index in [2.05, 4.69) is 41.2 Å². The maximum Gasteiger partial charge on any atom is 0.351 e. The number of aromatic nitrogens is 8. The first-order chi connectivity index (χ1) is 59.0. The van der Waals surface area contributed by atoms with Gasteiger partial charge in [0.05, 0.1) is 45.2 Å². The number of hydrogen-bond acceptors (Lipinski definition) is 27. The maximum absolute atomic E-state index is 12.6. The predicted octanol–water partition coefficient (Wildman–Crippen LogP) is 3.51. The summed E-state index contributed by atoms with van der Waals surface area (Å²) in [6.07, 6.45) is -9.70. The monoisotopic (exact) mass is 1770 g/mol. The van der Waals surface area contributed by atoms with Crippen LogP contribution in [0.5, 0.6) is 11.5 Å². The van der Waals surface area contributed by atoms with E-state index in [0.717, 1.165) is 32.8 Å². The quantitative estimate of drug-likeness (QED) is 0.0272. The zero-order valence-corrected chi connectivity index (χ0v) is 72.3. The third-order valence-electron chi connectivity index (χ3n) is 20.8. The van der Waals surface area contributed by atoms with Gasteiger partial charge in [-0.05, 0) is 134 Å². The van der Waals surface area contributed by atoms with Crippen LogP contribution in [0.15, 0.2) is 174 Å². The van der Waals surface area contributed by atoms with Crippen LogP contribution in [0.25, 0.3) is 0 Å². The fraction of sp³-hybridized carbons (Fsp3) is 0.488. The number of H-pyrrole nitrogens is 3. The Balaban J connectivity index is 0.000000214. The van der Waals surface area contributed by atoms with Crippen molar-refractivity contribution in [1.29, 1.82) is 0 Å². The Morgan fingerprint density at radius 3 is 1.10 bits per heavy atom. The molecule has 8 heterocycles. The van der Waals surface area contributed by atoms with Crippen molar-refractivity contribution in [3.63, 3.8) is 0 Å². The molecule has 19 atom stereocenters. The molecule has 4 aliphatic heterocycles. The molecule has 4 saturated heterocycles. The number of aryl methyl sites for hydroxylation is 3. The van der Waals surface area contributed by atoms with E-state index in [0.29, 0.717) is 36.0 Å². The fourth-order valence-corrected chi connectivity index (χ4v) is 14.3. The van der Waals surface area contributed by atoms with Crippen molar-refractivity contribution in [3.05, 3.63) is 252 Å². The van der Waals surface area contributed by atoms with E-state index in [1.165, 1.54) is 79.5 Å². The van der Waals surface area contributed by atoms with Crippen LogP contribution in [0.4, 0.5) is 5.82 Å². The fourth-order valence-electron chi connectivity index (χ4n) is 13.9. The van der Waals surface area contributed by atoms with Crippen LogP contribution >= 0.6 is 11.6 Å². The summed E-state index contributed by atoms with van der Waals surface area (Å²) in [6.45, 7) is 18.0. The minimum Gasteiger partial charge on any atom is -0.497 e. The van der Waals surface area contributed by atoms with Gasteiger partial charge in [0.25, 0.3) is 22.6 Å². The molecule has 0 saturated carbocycles. The number of aliphatic hydroxyl groups excluding tert-OH is 5. The third kappa shape index (κ3) is 24.6. The molecule has 4 amide bonds. The number of nitrogens with one attached hydrogen (secondary N) is 7. The number of carbonyl (C=O) groups is 4. The molecule has 4 aromatic carbocycles. The van der Waals surface area contributed by atoms with E-state index in [4.69, 9.17) is 59.0 Å². The molecule has 4 aliphatic rings. The van der Waals surface area contributed by atoms with Crippen LogP contribution in [0.2, 0.25) is 0 Å². The highest BCUT2D eigenvalue weighted by Gasteiger charge is 2.51. The van der Waals surface area contributed by atoms with Gasteiger partial charge in [0.1, 0.15) is 95.4 Å². The van der Waals surface area contributed by atoms with Crippen LogP contribution < -0.4 is 70.2 Å². The van der Waals surface area contributed by atoms with Crippen molar-refractivity contribution in [2.45, 2.75) is 230 Å². The van der Waals surface area contributed by atoms with Gasteiger partial charge in [-0.2, -0.15) is 4.98 Å². The molecule has 125 heavy (non-hydrogen) atoms. The number of methoxy groups -OCH3 is 2. The number of likely N-dealkylation sites (N-methyl/N-ethyl adjacent to an activating group) is 3. The summed E-state index contributed by atoms with van der Waals surface area (Å²) < 4.78 is 60.7. The van der Waals surface area contributed by atoms with Crippen molar-refractivity contribution in [1.82, 2.24) is 54.2 Å². The van der Waals surface area contributed by atoms with E-state index in [-0.39, 0.29) is 42.6 Å². The topological polar surface area (TPSA) is 509 Å². The molecule has 38 nitrogen and oxygen atoms in total. The Labute approximate surface area is 725 Å². The van der Waals surface area contributed by atoms with Gasteiger partial charge in [-0.1, -0.05) is 101 Å². The number of aliphatic hydroxyl groups is 5. The molecule has 0 spiro atoms. The molecular formula is C86H115ClN12O26. The number of carbonyl (C=O) groups excluding carboxylic acids is 4. The second kappa shape index (κ2) is 46.3. The Morgan fingerprint density at radius 1 is 0.472 bits per heavy atom. The molecule has 682 valence electrons. The van der Waals surface area contributed by atoms with Crippen LogP contribution in [0.1, 0.15) is 151 Å². The number of halogens is 1. The van der Waals surface area contributed by atoms with Crippen LogP contribution in [0.3, 0.4) is 0 Å². The molecule has 12 rings (SSSR count). The van der Waals surface area contributed by atoms with Crippen LogP contribution in [-0.4, -0.2) is 227 Å². The molecule has 12 N–H and O–H groups in total. The standard InChI is InChI=1S/C21H19ClO2.C20H25N3O5.2C15H23N3O6.C14H21N3O7.CH4/c1-23-19-12-8-17(9-13-19)21(22,16-6-4-3-5-7-16)18-10-14-20(24-2)15-11-18;1-4-14-16(24)17(27-12(2)3)19(28-14)23-11-10-15(22-20(23)26)21-18(25)13-8-6-5-7-9-13;2*1-5-9-10(19)11(23-8(3)13(21)16-4)14(24-9)18-6-7(2)12(20)17-15(18)22;1-6-4-17(14(22)16-11(6)20)13-10(9(19)8(5-18)24-13)23-7(2)12(21)15-3;/h3-15H,1-2H3;5-12,14,16-17,19,24H,4H2,1-3H3,(H,21,22,25,26);2*6,8-11,14,19H,5H2,1-4H3,(H,16,21)(H,17,20,22);4,7-10,13,18-19H,5H2,1-3H3,(H,15,21)(H,16,20,22);1H4/t;14-,16?,17+,19-;2*8?,9-,10?,11+,14-;7?,8-,9?,10+,13-;/m.1111./s1. The molecule has 0 aliphatic carbocycles. The first kappa shape index (κ1) is 101. The van der Waals surface area contributed by atoms with Crippen molar-refractivity contribution in [2.24, 2.45) is 0 Å². The summed E-state index contributed by atoms with van der Waals surface area (Å²) in [5, 5.41) is 60.8.